The molecule has 0 saturated heterocycles. The van der Waals surface area contributed by atoms with Gasteiger partial charge in [-0.1, -0.05) is 78.1 Å². The zero-order valence-electron chi connectivity index (χ0n) is 14.2. The summed E-state index contributed by atoms with van der Waals surface area (Å²) in [5.41, 5.74) is 0. The summed E-state index contributed by atoms with van der Waals surface area (Å²) in [4.78, 5) is 0. The summed E-state index contributed by atoms with van der Waals surface area (Å²) in [5.74, 6) is 0. The molecular weight excluding hydrogens is 370 g/mol. The first-order valence-electron chi connectivity index (χ1n) is 8.72. The summed E-state index contributed by atoms with van der Waals surface area (Å²) in [5, 5.41) is 9.49. The van der Waals surface area contributed by atoms with Crippen LogP contribution in [0.2, 0.25) is 0 Å². The molecule has 3 nitrogen and oxygen atoms in total. The van der Waals surface area contributed by atoms with Crippen molar-refractivity contribution in [3.63, 3.8) is 0 Å². The molecule has 0 atom stereocenters. The number of hydrogen-bond acceptors (Lipinski definition) is 3. The fraction of sp³-hybridized carbons (Fsp3) is 1.00. The smallest absolute Gasteiger partial charge is 0.402 e. The molecule has 5 heteroatoms. The Balaban J connectivity index is 0. The molecule has 0 unspecified atom stereocenters. The van der Waals surface area contributed by atoms with Crippen molar-refractivity contribution < 1.29 is 14.3 Å². The Bertz CT molecular complexity index is 167. The van der Waals surface area contributed by atoms with Crippen LogP contribution in [0.15, 0.2) is 0 Å². The van der Waals surface area contributed by atoms with Crippen molar-refractivity contribution in [1.82, 2.24) is 0 Å². The molecular formula is C16H35BO3Sn. The normalized spacial score (nSPS) is 10.4. The maximum atomic E-state index is 9.49. The van der Waals surface area contributed by atoms with Crippen molar-refractivity contribution >= 4 is 31.2 Å². The van der Waals surface area contributed by atoms with Crippen LogP contribution in [-0.2, 0) is 9.31 Å². The van der Waals surface area contributed by atoms with Gasteiger partial charge in [-0.05, 0) is 12.8 Å². The molecule has 0 aromatic carbocycles. The van der Waals surface area contributed by atoms with Crippen molar-refractivity contribution in [3.05, 3.63) is 0 Å². The third kappa shape index (κ3) is 20.7. The summed E-state index contributed by atoms with van der Waals surface area (Å²) in [6.07, 6.45) is 14.8. The van der Waals surface area contributed by atoms with Crippen LogP contribution in [0, 0.1) is 0 Å². The van der Waals surface area contributed by atoms with Gasteiger partial charge >= 0.3 is 7.32 Å². The molecule has 0 aromatic rings. The molecule has 0 saturated carbocycles. The Morgan fingerprint density at radius 3 is 1.33 bits per heavy atom. The van der Waals surface area contributed by atoms with Gasteiger partial charge in [0.05, 0.1) is 0 Å². The minimum absolute atomic E-state index is 0. The van der Waals surface area contributed by atoms with E-state index < -0.39 is 7.32 Å². The van der Waals surface area contributed by atoms with Crippen LogP contribution in [0.1, 0.15) is 90.9 Å². The van der Waals surface area contributed by atoms with Gasteiger partial charge in [0.2, 0.25) is 0 Å². The van der Waals surface area contributed by atoms with E-state index in [-0.39, 0.29) is 23.9 Å². The molecule has 0 aromatic heterocycles. The van der Waals surface area contributed by atoms with Gasteiger partial charge in [0.15, 0.2) is 0 Å². The van der Waals surface area contributed by atoms with Crippen molar-refractivity contribution in [2.75, 3.05) is 13.2 Å². The maximum Gasteiger partial charge on any atom is 0.636 e. The van der Waals surface area contributed by atoms with Crippen LogP contribution in [0.25, 0.3) is 0 Å². The Morgan fingerprint density at radius 2 is 0.952 bits per heavy atom. The third-order valence-corrected chi connectivity index (χ3v) is 3.52. The van der Waals surface area contributed by atoms with E-state index in [2.05, 4.69) is 13.8 Å². The molecule has 0 aliphatic heterocycles. The van der Waals surface area contributed by atoms with Gasteiger partial charge < -0.3 is 14.3 Å². The SMILES string of the molecule is CCCCCCCCOB(O)OCCCCCCCC.[Sn]. The number of rotatable bonds is 16. The van der Waals surface area contributed by atoms with Gasteiger partial charge in [-0.25, -0.2) is 0 Å². The Hall–Kier alpha value is 0.744. The molecule has 0 bridgehead atoms. The molecule has 1 N–H and O–H groups in total. The van der Waals surface area contributed by atoms with E-state index in [1.807, 2.05) is 0 Å². The first kappa shape index (κ1) is 24.0. The van der Waals surface area contributed by atoms with E-state index in [1.165, 1.54) is 64.2 Å². The third-order valence-electron chi connectivity index (χ3n) is 3.52. The van der Waals surface area contributed by atoms with Gasteiger partial charge in [-0.3, -0.25) is 0 Å². The average molecular weight is 405 g/mol. The monoisotopic (exact) mass is 406 g/mol. The van der Waals surface area contributed by atoms with Crippen LogP contribution in [-0.4, -0.2) is 49.5 Å². The van der Waals surface area contributed by atoms with Crippen LogP contribution < -0.4 is 0 Å². The predicted molar refractivity (Wildman–Crippen MR) is 92.4 cm³/mol. The minimum Gasteiger partial charge on any atom is -0.402 e. The van der Waals surface area contributed by atoms with E-state index in [9.17, 15) is 5.02 Å². The topological polar surface area (TPSA) is 38.7 Å². The molecule has 21 heavy (non-hydrogen) atoms. The van der Waals surface area contributed by atoms with Crippen molar-refractivity contribution in [2.45, 2.75) is 90.9 Å². The molecule has 0 rings (SSSR count). The zero-order chi connectivity index (χ0) is 14.9. The van der Waals surface area contributed by atoms with Gasteiger partial charge in [0, 0.05) is 37.1 Å². The largest absolute Gasteiger partial charge is 0.636 e. The average Bonchev–Trinajstić information content (AvgIpc) is 2.45. The number of hydrogen-bond donors (Lipinski definition) is 1. The van der Waals surface area contributed by atoms with E-state index >= 15 is 0 Å². The summed E-state index contributed by atoms with van der Waals surface area (Å²) >= 11 is 0. The second kappa shape index (κ2) is 20.7. The van der Waals surface area contributed by atoms with Crippen LogP contribution in [0.4, 0.5) is 0 Å². The molecule has 0 spiro atoms. The molecule has 4 radical (unpaired) electrons. The summed E-state index contributed by atoms with van der Waals surface area (Å²) in [6.45, 7) is 5.65. The van der Waals surface area contributed by atoms with E-state index in [4.69, 9.17) is 9.31 Å². The second-order valence-corrected chi connectivity index (χ2v) is 5.58. The predicted octanol–water partition coefficient (Wildman–Crippen LogP) is 4.34. The van der Waals surface area contributed by atoms with Gasteiger partial charge in [-0.15, -0.1) is 0 Å². The quantitative estimate of drug-likeness (QED) is 0.307. The van der Waals surface area contributed by atoms with Crippen molar-refractivity contribution in [1.29, 1.82) is 0 Å². The Kier molecular flexibility index (Phi) is 23.7. The molecule has 0 amide bonds. The van der Waals surface area contributed by atoms with E-state index in [1.54, 1.807) is 0 Å². The molecule has 0 heterocycles. The summed E-state index contributed by atoms with van der Waals surface area (Å²) in [7, 11) is -1.03. The second-order valence-electron chi connectivity index (χ2n) is 5.58. The molecule has 0 aliphatic carbocycles. The molecule has 124 valence electrons. The zero-order valence-corrected chi connectivity index (χ0v) is 17.1. The summed E-state index contributed by atoms with van der Waals surface area (Å²) < 4.78 is 10.5. The molecule has 0 aliphatic rings. The van der Waals surface area contributed by atoms with Gasteiger partial charge in [-0.2, -0.15) is 0 Å². The van der Waals surface area contributed by atoms with Crippen molar-refractivity contribution in [2.24, 2.45) is 0 Å². The fourth-order valence-corrected chi connectivity index (χ4v) is 2.18. The van der Waals surface area contributed by atoms with Crippen LogP contribution >= 0.6 is 0 Å². The fourth-order valence-electron chi connectivity index (χ4n) is 2.18. The first-order valence-corrected chi connectivity index (χ1v) is 8.72. The standard InChI is InChI=1S/C16H35BO3.Sn/c1-3-5-7-9-11-13-15-19-17(18)20-16-14-12-10-8-6-4-2;/h18H,3-16H2,1-2H3;. The molecule has 0 fully saturated rings. The van der Waals surface area contributed by atoms with Crippen LogP contribution in [0.5, 0.6) is 0 Å². The van der Waals surface area contributed by atoms with Gasteiger partial charge in [0.1, 0.15) is 0 Å². The minimum atomic E-state index is -1.03. The Morgan fingerprint density at radius 1 is 0.619 bits per heavy atom. The number of unbranched alkanes of at least 4 members (excludes halogenated alkanes) is 10. The van der Waals surface area contributed by atoms with E-state index in [0.717, 1.165) is 12.8 Å². The van der Waals surface area contributed by atoms with Crippen LogP contribution in [0.3, 0.4) is 0 Å². The van der Waals surface area contributed by atoms with E-state index in [0.29, 0.717) is 13.2 Å². The maximum absolute atomic E-state index is 9.49. The van der Waals surface area contributed by atoms with Crippen molar-refractivity contribution in [3.8, 4) is 0 Å². The van der Waals surface area contributed by atoms with Gasteiger partial charge in [0.25, 0.3) is 0 Å². The first-order chi connectivity index (χ1) is 9.81. The Labute approximate surface area is 149 Å². The summed E-state index contributed by atoms with van der Waals surface area (Å²) in [6, 6.07) is 0.